The van der Waals surface area contributed by atoms with Crippen LogP contribution in [0.15, 0.2) is 16.5 Å². The van der Waals surface area contributed by atoms with Crippen LogP contribution >= 0.6 is 0 Å². The van der Waals surface area contributed by atoms with E-state index in [0.717, 1.165) is 31.7 Å². The molecule has 0 bridgehead atoms. The molecule has 0 radical (unpaired) electrons. The maximum Gasteiger partial charge on any atom is 0.315 e. The summed E-state index contributed by atoms with van der Waals surface area (Å²) >= 11 is 0. The van der Waals surface area contributed by atoms with Gasteiger partial charge >= 0.3 is 6.01 Å². The number of pyridine rings is 1. The predicted octanol–water partition coefficient (Wildman–Crippen LogP) is 2.13. The van der Waals surface area contributed by atoms with Crippen molar-refractivity contribution >= 4 is 6.01 Å². The molecular weight excluding hydrogens is 275 g/mol. The van der Waals surface area contributed by atoms with E-state index in [1.54, 1.807) is 13.1 Å². The summed E-state index contributed by atoms with van der Waals surface area (Å²) in [4.78, 5) is 4.45. The van der Waals surface area contributed by atoms with Gasteiger partial charge in [-0.3, -0.25) is 4.98 Å². The van der Waals surface area contributed by atoms with Crippen molar-refractivity contribution in [3.05, 3.63) is 35.2 Å². The first-order valence-corrected chi connectivity index (χ1v) is 6.99. The van der Waals surface area contributed by atoms with Crippen LogP contribution < -0.4 is 5.32 Å². The van der Waals surface area contributed by atoms with E-state index in [2.05, 4.69) is 20.5 Å². The topological polar surface area (TPSA) is 73.1 Å². The smallest absolute Gasteiger partial charge is 0.315 e. The van der Waals surface area contributed by atoms with Crippen molar-refractivity contribution in [2.45, 2.75) is 25.2 Å². The Labute approximate surface area is 121 Å². The molecule has 1 aliphatic heterocycles. The fourth-order valence-corrected chi connectivity index (χ4v) is 2.42. The Morgan fingerprint density at radius 1 is 1.29 bits per heavy atom. The number of hydrogen-bond donors (Lipinski definition) is 1. The molecule has 0 saturated carbocycles. The van der Waals surface area contributed by atoms with Gasteiger partial charge in [-0.2, -0.15) is 0 Å². The molecule has 0 spiro atoms. The van der Waals surface area contributed by atoms with Crippen molar-refractivity contribution in [2.75, 3.05) is 25.6 Å². The first-order valence-electron chi connectivity index (χ1n) is 6.99. The second-order valence-corrected chi connectivity index (χ2v) is 4.98. The second-order valence-electron chi connectivity index (χ2n) is 4.98. The highest BCUT2D eigenvalue weighted by molar-refractivity contribution is 5.21. The van der Waals surface area contributed by atoms with Crippen LogP contribution in [0.4, 0.5) is 10.4 Å². The standard InChI is InChI=1S/C14H17FN4O2/c1-16-14-19-18-13(21-14)8-12-10(15)2-3-11(17-12)9-4-6-20-7-5-9/h2-3,9H,4-8H2,1H3,(H,16,19). The van der Waals surface area contributed by atoms with Crippen LogP contribution in [0.3, 0.4) is 0 Å². The molecule has 0 aliphatic carbocycles. The van der Waals surface area contributed by atoms with Crippen LogP contribution in [-0.4, -0.2) is 35.4 Å². The van der Waals surface area contributed by atoms with Gasteiger partial charge in [-0.25, -0.2) is 4.39 Å². The number of nitrogens with one attached hydrogen (secondary N) is 1. The third-order valence-electron chi connectivity index (χ3n) is 3.58. The van der Waals surface area contributed by atoms with Gasteiger partial charge in [0.05, 0.1) is 12.1 Å². The predicted molar refractivity (Wildman–Crippen MR) is 73.6 cm³/mol. The molecule has 0 unspecified atom stereocenters. The van der Waals surface area contributed by atoms with Crippen molar-refractivity contribution in [1.29, 1.82) is 0 Å². The summed E-state index contributed by atoms with van der Waals surface area (Å²) in [6.45, 7) is 1.46. The third-order valence-corrected chi connectivity index (χ3v) is 3.58. The summed E-state index contributed by atoms with van der Waals surface area (Å²) in [7, 11) is 1.68. The molecule has 6 nitrogen and oxygen atoms in total. The minimum Gasteiger partial charge on any atom is -0.408 e. The lowest BCUT2D eigenvalue weighted by Gasteiger charge is -2.21. The zero-order valence-corrected chi connectivity index (χ0v) is 11.8. The molecule has 1 aliphatic rings. The normalized spacial score (nSPS) is 16.1. The largest absolute Gasteiger partial charge is 0.408 e. The first kappa shape index (κ1) is 13.9. The molecule has 2 aromatic heterocycles. The molecule has 2 aromatic rings. The Kier molecular flexibility index (Phi) is 4.10. The summed E-state index contributed by atoms with van der Waals surface area (Å²) in [5, 5.41) is 10.4. The molecule has 0 aromatic carbocycles. The molecule has 21 heavy (non-hydrogen) atoms. The third kappa shape index (κ3) is 3.18. The van der Waals surface area contributed by atoms with Crippen molar-refractivity contribution in [1.82, 2.24) is 15.2 Å². The number of aromatic nitrogens is 3. The zero-order chi connectivity index (χ0) is 14.7. The number of nitrogens with zero attached hydrogens (tertiary/aromatic N) is 3. The van der Waals surface area contributed by atoms with Crippen LogP contribution in [0.2, 0.25) is 0 Å². The summed E-state index contributed by atoms with van der Waals surface area (Å²) in [5.41, 5.74) is 1.24. The molecule has 1 saturated heterocycles. The fraction of sp³-hybridized carbons (Fsp3) is 0.500. The van der Waals surface area contributed by atoms with Gasteiger partial charge in [-0.15, -0.1) is 5.10 Å². The molecular formula is C14H17FN4O2. The highest BCUT2D eigenvalue weighted by Gasteiger charge is 2.19. The number of halogens is 1. The van der Waals surface area contributed by atoms with E-state index in [1.165, 1.54) is 6.07 Å². The summed E-state index contributed by atoms with van der Waals surface area (Å²) in [6, 6.07) is 3.52. The molecule has 0 amide bonds. The Morgan fingerprint density at radius 3 is 2.81 bits per heavy atom. The molecule has 112 valence electrons. The average Bonchev–Trinajstić information content (AvgIpc) is 2.98. The van der Waals surface area contributed by atoms with Crippen molar-refractivity contribution in [2.24, 2.45) is 0 Å². The van der Waals surface area contributed by atoms with Gasteiger partial charge in [0, 0.05) is 31.9 Å². The Bertz CT molecular complexity index is 611. The highest BCUT2D eigenvalue weighted by Crippen LogP contribution is 2.26. The fourth-order valence-electron chi connectivity index (χ4n) is 2.42. The number of rotatable bonds is 4. The number of anilines is 1. The van der Waals surface area contributed by atoms with E-state index in [1.807, 2.05) is 0 Å². The van der Waals surface area contributed by atoms with E-state index in [-0.39, 0.29) is 12.2 Å². The quantitative estimate of drug-likeness (QED) is 0.930. The van der Waals surface area contributed by atoms with Crippen LogP contribution in [0.5, 0.6) is 0 Å². The minimum atomic E-state index is -0.352. The Balaban J connectivity index is 1.80. The number of ether oxygens (including phenoxy) is 1. The van der Waals surface area contributed by atoms with Gasteiger partial charge < -0.3 is 14.5 Å². The van der Waals surface area contributed by atoms with Crippen LogP contribution in [0.1, 0.15) is 36.0 Å². The Hall–Kier alpha value is -2.02. The van der Waals surface area contributed by atoms with E-state index in [4.69, 9.17) is 9.15 Å². The summed E-state index contributed by atoms with van der Waals surface area (Å²) in [5.74, 6) is 0.318. The second kappa shape index (κ2) is 6.17. The van der Waals surface area contributed by atoms with Gasteiger partial charge in [0.15, 0.2) is 0 Å². The lowest BCUT2D eigenvalue weighted by Crippen LogP contribution is -2.16. The highest BCUT2D eigenvalue weighted by atomic mass is 19.1. The van der Waals surface area contributed by atoms with Crippen LogP contribution in [0, 0.1) is 5.82 Å². The molecule has 7 heteroatoms. The lowest BCUT2D eigenvalue weighted by atomic mass is 9.95. The van der Waals surface area contributed by atoms with E-state index >= 15 is 0 Å². The van der Waals surface area contributed by atoms with Gasteiger partial charge in [-0.1, -0.05) is 5.10 Å². The molecule has 3 rings (SSSR count). The average molecular weight is 292 g/mol. The summed E-state index contributed by atoms with van der Waals surface area (Å²) < 4.78 is 24.6. The molecule has 3 heterocycles. The van der Waals surface area contributed by atoms with Gasteiger partial charge in [0.1, 0.15) is 5.82 Å². The van der Waals surface area contributed by atoms with E-state index in [0.29, 0.717) is 23.5 Å². The van der Waals surface area contributed by atoms with E-state index in [9.17, 15) is 4.39 Å². The van der Waals surface area contributed by atoms with Gasteiger partial charge in [0.25, 0.3) is 0 Å². The van der Waals surface area contributed by atoms with Crippen molar-refractivity contribution in [3.63, 3.8) is 0 Å². The van der Waals surface area contributed by atoms with Gasteiger partial charge in [-0.05, 0) is 25.0 Å². The minimum absolute atomic E-state index is 0.192. The SMILES string of the molecule is CNc1nnc(Cc2nc(C3CCOCC3)ccc2F)o1. The zero-order valence-electron chi connectivity index (χ0n) is 11.8. The lowest BCUT2D eigenvalue weighted by molar-refractivity contribution is 0.0844. The van der Waals surface area contributed by atoms with Crippen LogP contribution in [-0.2, 0) is 11.2 Å². The summed E-state index contributed by atoms with van der Waals surface area (Å²) in [6.07, 6.45) is 2.03. The Morgan fingerprint density at radius 2 is 2.10 bits per heavy atom. The monoisotopic (exact) mass is 292 g/mol. The van der Waals surface area contributed by atoms with E-state index < -0.39 is 0 Å². The van der Waals surface area contributed by atoms with Gasteiger partial charge in [0.2, 0.25) is 5.89 Å². The van der Waals surface area contributed by atoms with Crippen molar-refractivity contribution < 1.29 is 13.5 Å². The number of hydrogen-bond acceptors (Lipinski definition) is 6. The van der Waals surface area contributed by atoms with Crippen LogP contribution in [0.25, 0.3) is 0 Å². The molecule has 1 fully saturated rings. The molecule has 0 atom stereocenters. The van der Waals surface area contributed by atoms with Crippen molar-refractivity contribution in [3.8, 4) is 0 Å². The maximum absolute atomic E-state index is 13.9. The maximum atomic E-state index is 13.9. The first-order chi connectivity index (χ1) is 10.3. The molecule has 1 N–H and O–H groups in total.